The van der Waals surface area contributed by atoms with Crippen molar-refractivity contribution in [2.75, 3.05) is 12.3 Å². The van der Waals surface area contributed by atoms with E-state index in [4.69, 9.17) is 4.74 Å². The summed E-state index contributed by atoms with van der Waals surface area (Å²) in [5.74, 6) is -1.07. The van der Waals surface area contributed by atoms with Crippen molar-refractivity contribution in [3.8, 4) is 0 Å². The predicted octanol–water partition coefficient (Wildman–Crippen LogP) is 0.379. The van der Waals surface area contributed by atoms with Crippen molar-refractivity contribution in [3.05, 3.63) is 35.9 Å². The molecule has 0 heterocycles. The molecular formula is C12H16N2O5S. The standard InChI is InChI=1S/C12H16N2O5S/c1-10(15)14-20(17,18)8-7-13-12(16)19-9-11-5-3-2-4-6-11/h2-6H,7-9H2,1H3,(H,13,16)(H,14,15). The summed E-state index contributed by atoms with van der Waals surface area (Å²) in [5, 5.41) is 2.29. The number of benzene rings is 1. The topological polar surface area (TPSA) is 102 Å². The Hall–Kier alpha value is -2.09. The maximum atomic E-state index is 11.3. The zero-order valence-electron chi connectivity index (χ0n) is 11.0. The second-order valence-electron chi connectivity index (χ2n) is 3.97. The highest BCUT2D eigenvalue weighted by Crippen LogP contribution is 2.00. The molecule has 1 aromatic carbocycles. The molecule has 0 unspecified atom stereocenters. The van der Waals surface area contributed by atoms with Crippen LogP contribution in [0.15, 0.2) is 30.3 Å². The highest BCUT2D eigenvalue weighted by Gasteiger charge is 2.12. The van der Waals surface area contributed by atoms with E-state index in [9.17, 15) is 18.0 Å². The zero-order chi connectivity index (χ0) is 15.0. The van der Waals surface area contributed by atoms with Gasteiger partial charge in [0, 0.05) is 13.5 Å². The number of nitrogens with one attached hydrogen (secondary N) is 2. The second kappa shape index (κ2) is 7.49. The fourth-order valence-corrected chi connectivity index (χ4v) is 2.24. The first-order valence-electron chi connectivity index (χ1n) is 5.84. The van der Waals surface area contributed by atoms with Crippen molar-refractivity contribution in [1.29, 1.82) is 0 Å². The van der Waals surface area contributed by atoms with Gasteiger partial charge in [-0.3, -0.25) is 9.52 Å². The Labute approximate surface area is 117 Å². The number of carbonyl (C=O) groups excluding carboxylic acids is 2. The van der Waals surface area contributed by atoms with Gasteiger partial charge in [-0.15, -0.1) is 0 Å². The molecule has 0 aliphatic rings. The van der Waals surface area contributed by atoms with Crippen LogP contribution in [0.25, 0.3) is 0 Å². The lowest BCUT2D eigenvalue weighted by Gasteiger charge is -2.07. The summed E-state index contributed by atoms with van der Waals surface area (Å²) in [5.41, 5.74) is 0.827. The minimum Gasteiger partial charge on any atom is -0.445 e. The van der Waals surface area contributed by atoms with Crippen LogP contribution in [0.2, 0.25) is 0 Å². The van der Waals surface area contributed by atoms with Crippen LogP contribution in [0.1, 0.15) is 12.5 Å². The van der Waals surface area contributed by atoms with E-state index in [0.717, 1.165) is 12.5 Å². The van der Waals surface area contributed by atoms with E-state index in [2.05, 4.69) is 5.32 Å². The summed E-state index contributed by atoms with van der Waals surface area (Å²) in [6.07, 6.45) is -0.716. The summed E-state index contributed by atoms with van der Waals surface area (Å²) in [6.45, 7) is 1.06. The molecule has 0 fully saturated rings. The number of rotatable bonds is 6. The van der Waals surface area contributed by atoms with E-state index < -0.39 is 27.8 Å². The van der Waals surface area contributed by atoms with Crippen LogP contribution in [-0.4, -0.2) is 32.7 Å². The Balaban J connectivity index is 2.25. The molecule has 0 saturated carbocycles. The second-order valence-corrected chi connectivity index (χ2v) is 5.81. The van der Waals surface area contributed by atoms with Gasteiger partial charge >= 0.3 is 6.09 Å². The lowest BCUT2D eigenvalue weighted by molar-refractivity contribution is -0.117. The summed E-state index contributed by atoms with van der Waals surface area (Å²) in [7, 11) is -3.71. The van der Waals surface area contributed by atoms with Crippen molar-refractivity contribution in [2.24, 2.45) is 0 Å². The number of hydrogen-bond donors (Lipinski definition) is 2. The molecule has 2 amide bonds. The van der Waals surface area contributed by atoms with Gasteiger partial charge in [0.2, 0.25) is 15.9 Å². The monoisotopic (exact) mass is 300 g/mol. The van der Waals surface area contributed by atoms with E-state index in [1.54, 1.807) is 16.9 Å². The minimum atomic E-state index is -3.71. The number of sulfonamides is 1. The molecule has 0 bridgehead atoms. The van der Waals surface area contributed by atoms with Crippen molar-refractivity contribution in [1.82, 2.24) is 10.0 Å². The van der Waals surface area contributed by atoms with Gasteiger partial charge in [0.1, 0.15) is 6.61 Å². The smallest absolute Gasteiger partial charge is 0.407 e. The molecule has 7 nitrogen and oxygen atoms in total. The van der Waals surface area contributed by atoms with Crippen LogP contribution in [0.3, 0.4) is 0 Å². The Kier molecular flexibility index (Phi) is 5.98. The Morgan fingerprint density at radius 2 is 1.85 bits per heavy atom. The number of hydrogen-bond acceptors (Lipinski definition) is 5. The fourth-order valence-electron chi connectivity index (χ4n) is 1.33. The van der Waals surface area contributed by atoms with E-state index in [0.29, 0.717) is 0 Å². The van der Waals surface area contributed by atoms with Crippen LogP contribution in [-0.2, 0) is 26.2 Å². The largest absolute Gasteiger partial charge is 0.445 e. The molecule has 0 saturated heterocycles. The number of ether oxygens (including phenoxy) is 1. The minimum absolute atomic E-state index is 0.102. The third kappa shape index (κ3) is 6.74. The molecule has 0 radical (unpaired) electrons. The molecule has 110 valence electrons. The lowest BCUT2D eigenvalue weighted by Crippen LogP contribution is -2.36. The third-order valence-corrected chi connectivity index (χ3v) is 3.49. The van der Waals surface area contributed by atoms with Crippen molar-refractivity contribution in [2.45, 2.75) is 13.5 Å². The maximum absolute atomic E-state index is 11.3. The van der Waals surface area contributed by atoms with E-state index >= 15 is 0 Å². The molecule has 1 aromatic rings. The first-order valence-corrected chi connectivity index (χ1v) is 7.50. The highest BCUT2D eigenvalue weighted by molar-refractivity contribution is 7.90. The van der Waals surface area contributed by atoms with Crippen LogP contribution >= 0.6 is 0 Å². The normalized spacial score (nSPS) is 10.7. The van der Waals surface area contributed by atoms with Crippen LogP contribution in [0.5, 0.6) is 0 Å². The van der Waals surface area contributed by atoms with Gasteiger partial charge in [-0.2, -0.15) is 0 Å². The van der Waals surface area contributed by atoms with Gasteiger partial charge in [-0.25, -0.2) is 13.2 Å². The Morgan fingerprint density at radius 3 is 2.45 bits per heavy atom. The Bertz CT molecular complexity index is 556. The van der Waals surface area contributed by atoms with Crippen LogP contribution in [0.4, 0.5) is 4.79 Å². The number of alkyl carbamates (subject to hydrolysis) is 1. The van der Waals surface area contributed by atoms with E-state index in [-0.39, 0.29) is 13.2 Å². The van der Waals surface area contributed by atoms with Crippen LogP contribution in [0, 0.1) is 0 Å². The maximum Gasteiger partial charge on any atom is 0.407 e. The average molecular weight is 300 g/mol. The fraction of sp³-hybridized carbons (Fsp3) is 0.333. The first-order chi connectivity index (χ1) is 9.39. The van der Waals surface area contributed by atoms with Crippen molar-refractivity contribution >= 4 is 22.0 Å². The van der Waals surface area contributed by atoms with E-state index in [1.165, 1.54) is 0 Å². The van der Waals surface area contributed by atoms with Crippen molar-refractivity contribution in [3.63, 3.8) is 0 Å². The summed E-state index contributed by atoms with van der Waals surface area (Å²) >= 11 is 0. The summed E-state index contributed by atoms with van der Waals surface area (Å²) in [4.78, 5) is 21.9. The average Bonchev–Trinajstić information content (AvgIpc) is 2.36. The van der Waals surface area contributed by atoms with Gasteiger partial charge in [0.25, 0.3) is 0 Å². The molecule has 0 spiro atoms. The van der Waals surface area contributed by atoms with Gasteiger partial charge in [-0.05, 0) is 5.56 Å². The molecule has 0 aliphatic heterocycles. The van der Waals surface area contributed by atoms with E-state index in [1.807, 2.05) is 18.2 Å². The third-order valence-electron chi connectivity index (χ3n) is 2.15. The molecule has 1 rings (SSSR count). The molecule has 0 atom stereocenters. The number of carbonyl (C=O) groups is 2. The highest BCUT2D eigenvalue weighted by atomic mass is 32.2. The predicted molar refractivity (Wildman–Crippen MR) is 72.2 cm³/mol. The Morgan fingerprint density at radius 1 is 1.20 bits per heavy atom. The molecule has 0 aromatic heterocycles. The molecular weight excluding hydrogens is 284 g/mol. The zero-order valence-corrected chi connectivity index (χ0v) is 11.8. The van der Waals surface area contributed by atoms with Gasteiger partial charge in [0.15, 0.2) is 0 Å². The molecule has 0 aliphatic carbocycles. The molecule has 2 N–H and O–H groups in total. The summed E-state index contributed by atoms with van der Waals surface area (Å²) in [6, 6.07) is 9.08. The molecule has 8 heteroatoms. The SMILES string of the molecule is CC(=O)NS(=O)(=O)CCNC(=O)OCc1ccccc1. The molecule has 20 heavy (non-hydrogen) atoms. The summed E-state index contributed by atoms with van der Waals surface area (Å²) < 4.78 is 29.2. The van der Waals surface area contributed by atoms with Crippen LogP contribution < -0.4 is 10.0 Å². The number of amides is 2. The lowest BCUT2D eigenvalue weighted by atomic mass is 10.2. The van der Waals surface area contributed by atoms with Gasteiger partial charge in [0.05, 0.1) is 5.75 Å². The van der Waals surface area contributed by atoms with Crippen molar-refractivity contribution < 1.29 is 22.7 Å². The first kappa shape index (κ1) is 16.0. The van der Waals surface area contributed by atoms with Gasteiger partial charge < -0.3 is 10.1 Å². The quantitative estimate of drug-likeness (QED) is 0.791. The van der Waals surface area contributed by atoms with Gasteiger partial charge in [-0.1, -0.05) is 30.3 Å².